The van der Waals surface area contributed by atoms with E-state index in [-0.39, 0.29) is 10.4 Å². The monoisotopic (exact) mass is 370 g/mol. The SMILES string of the molecule is O=C(c1cccc(C(F)(F)F)c1)c1cnc(NCC2(O)CCCC2)s1. The van der Waals surface area contributed by atoms with Crippen molar-refractivity contribution in [3.05, 3.63) is 46.5 Å². The lowest BCUT2D eigenvalue weighted by Gasteiger charge is -2.21. The molecule has 4 nitrogen and oxygen atoms in total. The highest BCUT2D eigenvalue weighted by atomic mass is 32.1. The highest BCUT2D eigenvalue weighted by molar-refractivity contribution is 7.17. The van der Waals surface area contributed by atoms with E-state index in [4.69, 9.17) is 0 Å². The Bertz CT molecular complexity index is 767. The quantitative estimate of drug-likeness (QED) is 0.778. The van der Waals surface area contributed by atoms with Gasteiger partial charge in [0.05, 0.1) is 22.2 Å². The molecular formula is C17H17F3N2O2S. The molecule has 2 N–H and O–H groups in total. The van der Waals surface area contributed by atoms with Gasteiger partial charge >= 0.3 is 6.18 Å². The van der Waals surface area contributed by atoms with Crippen molar-refractivity contribution >= 4 is 22.3 Å². The van der Waals surface area contributed by atoms with Gasteiger partial charge in [-0.15, -0.1) is 0 Å². The number of nitrogens with one attached hydrogen (secondary N) is 1. The summed E-state index contributed by atoms with van der Waals surface area (Å²) in [4.78, 5) is 16.7. The second-order valence-electron chi connectivity index (χ2n) is 6.22. The molecule has 0 saturated heterocycles. The molecule has 134 valence electrons. The topological polar surface area (TPSA) is 62.2 Å². The Kier molecular flexibility index (Phi) is 4.83. The van der Waals surface area contributed by atoms with Crippen LogP contribution < -0.4 is 5.32 Å². The van der Waals surface area contributed by atoms with Crippen molar-refractivity contribution in [2.45, 2.75) is 37.5 Å². The second kappa shape index (κ2) is 6.76. The fourth-order valence-electron chi connectivity index (χ4n) is 2.89. The first kappa shape index (κ1) is 17.9. The minimum Gasteiger partial charge on any atom is -0.388 e. The van der Waals surface area contributed by atoms with E-state index in [1.54, 1.807) is 0 Å². The zero-order valence-corrected chi connectivity index (χ0v) is 14.1. The number of anilines is 1. The van der Waals surface area contributed by atoms with Crippen LogP contribution in [0.1, 0.15) is 46.5 Å². The zero-order valence-electron chi connectivity index (χ0n) is 13.3. The van der Waals surface area contributed by atoms with Crippen molar-refractivity contribution in [1.29, 1.82) is 0 Å². The smallest absolute Gasteiger partial charge is 0.388 e. The second-order valence-corrected chi connectivity index (χ2v) is 7.25. The lowest BCUT2D eigenvalue weighted by Crippen LogP contribution is -2.33. The number of benzene rings is 1. The molecule has 1 fully saturated rings. The van der Waals surface area contributed by atoms with Crippen molar-refractivity contribution < 1.29 is 23.1 Å². The molecule has 0 spiro atoms. The molecular weight excluding hydrogens is 353 g/mol. The maximum Gasteiger partial charge on any atom is 0.416 e. The number of aromatic nitrogens is 1. The number of carbonyl (C=O) groups excluding carboxylic acids is 1. The molecule has 8 heteroatoms. The van der Waals surface area contributed by atoms with Crippen LogP contribution in [0.5, 0.6) is 0 Å². The predicted molar refractivity (Wildman–Crippen MR) is 88.9 cm³/mol. The summed E-state index contributed by atoms with van der Waals surface area (Å²) < 4.78 is 38.3. The molecule has 3 rings (SSSR count). The van der Waals surface area contributed by atoms with Crippen molar-refractivity contribution in [2.75, 3.05) is 11.9 Å². The number of hydrogen-bond donors (Lipinski definition) is 2. The largest absolute Gasteiger partial charge is 0.416 e. The molecule has 1 aromatic carbocycles. The van der Waals surface area contributed by atoms with Crippen molar-refractivity contribution in [1.82, 2.24) is 4.98 Å². The van der Waals surface area contributed by atoms with Gasteiger partial charge in [-0.3, -0.25) is 4.79 Å². The van der Waals surface area contributed by atoms with E-state index in [1.165, 1.54) is 18.3 Å². The first-order valence-corrected chi connectivity index (χ1v) is 8.73. The molecule has 1 aliphatic carbocycles. The van der Waals surface area contributed by atoms with Crippen LogP contribution in [0.2, 0.25) is 0 Å². The van der Waals surface area contributed by atoms with E-state index in [1.807, 2.05) is 0 Å². The summed E-state index contributed by atoms with van der Waals surface area (Å²) in [6.07, 6.45) is 0.259. The van der Waals surface area contributed by atoms with Crippen LogP contribution in [0.25, 0.3) is 0 Å². The summed E-state index contributed by atoms with van der Waals surface area (Å²) in [6, 6.07) is 4.34. The molecule has 0 bridgehead atoms. The number of alkyl halides is 3. The fraction of sp³-hybridized carbons (Fsp3) is 0.412. The van der Waals surface area contributed by atoms with Gasteiger partial charge in [-0.2, -0.15) is 13.2 Å². The van der Waals surface area contributed by atoms with Gasteiger partial charge in [-0.25, -0.2) is 4.98 Å². The molecule has 1 aromatic heterocycles. The summed E-state index contributed by atoms with van der Waals surface area (Å²) in [5, 5.41) is 13.8. The molecule has 0 radical (unpaired) electrons. The van der Waals surface area contributed by atoms with Gasteiger partial charge < -0.3 is 10.4 Å². The molecule has 1 heterocycles. The highest BCUT2D eigenvalue weighted by Crippen LogP contribution is 2.32. The van der Waals surface area contributed by atoms with E-state index >= 15 is 0 Å². The zero-order chi connectivity index (χ0) is 18.1. The third kappa shape index (κ3) is 4.19. The normalized spacial score (nSPS) is 16.8. The number of ketones is 1. The minimum atomic E-state index is -4.49. The molecule has 0 amide bonds. The molecule has 1 aliphatic rings. The molecule has 1 saturated carbocycles. The van der Waals surface area contributed by atoms with Gasteiger partial charge in [0.2, 0.25) is 5.78 Å². The Hall–Kier alpha value is -1.93. The van der Waals surface area contributed by atoms with Crippen LogP contribution in [0.4, 0.5) is 18.3 Å². The third-order valence-corrected chi connectivity index (χ3v) is 5.24. The molecule has 0 atom stereocenters. The molecule has 25 heavy (non-hydrogen) atoms. The Balaban J connectivity index is 1.70. The molecule has 0 unspecified atom stereocenters. The van der Waals surface area contributed by atoms with E-state index in [2.05, 4.69) is 10.3 Å². The Morgan fingerprint density at radius 1 is 1.32 bits per heavy atom. The Labute approximate surface area is 146 Å². The third-order valence-electron chi connectivity index (χ3n) is 4.28. The van der Waals surface area contributed by atoms with Gasteiger partial charge in [0.15, 0.2) is 5.13 Å². The summed E-state index contributed by atoms with van der Waals surface area (Å²) in [5.41, 5.74) is -1.64. The van der Waals surface area contributed by atoms with Gasteiger partial charge in [0, 0.05) is 12.1 Å². The van der Waals surface area contributed by atoms with Gasteiger partial charge in [0.25, 0.3) is 0 Å². The van der Waals surface area contributed by atoms with E-state index in [9.17, 15) is 23.1 Å². The van der Waals surface area contributed by atoms with E-state index < -0.39 is 23.1 Å². The standard InChI is InChI=1S/C17H17F3N2O2S/c18-17(19,20)12-5-3-4-11(8-12)14(23)13-9-21-15(25-13)22-10-16(24)6-1-2-7-16/h3-5,8-9,24H,1-2,6-7,10H2,(H,21,22). The fourth-order valence-corrected chi connectivity index (χ4v) is 3.66. The van der Waals surface area contributed by atoms with Gasteiger partial charge in [-0.1, -0.05) is 36.3 Å². The maximum absolute atomic E-state index is 12.8. The maximum atomic E-state index is 12.8. The number of nitrogens with zero attached hydrogens (tertiary/aromatic N) is 1. The Morgan fingerprint density at radius 2 is 2.04 bits per heavy atom. The van der Waals surface area contributed by atoms with Crippen LogP contribution in [-0.4, -0.2) is 28.0 Å². The highest BCUT2D eigenvalue weighted by Gasteiger charge is 2.32. The summed E-state index contributed by atoms with van der Waals surface area (Å²) in [5.74, 6) is -0.503. The number of hydrogen-bond acceptors (Lipinski definition) is 5. The summed E-state index contributed by atoms with van der Waals surface area (Å²) in [6.45, 7) is 0.345. The van der Waals surface area contributed by atoms with Crippen LogP contribution >= 0.6 is 11.3 Å². The number of carbonyl (C=O) groups is 1. The van der Waals surface area contributed by atoms with Crippen molar-refractivity contribution in [3.8, 4) is 0 Å². The van der Waals surface area contributed by atoms with Gasteiger partial charge in [-0.05, 0) is 25.0 Å². The molecule has 0 aliphatic heterocycles. The lowest BCUT2D eigenvalue weighted by atomic mass is 10.0. The average molecular weight is 370 g/mol. The summed E-state index contributed by atoms with van der Waals surface area (Å²) in [7, 11) is 0. The summed E-state index contributed by atoms with van der Waals surface area (Å²) >= 11 is 1.07. The first-order chi connectivity index (χ1) is 11.8. The Morgan fingerprint density at radius 3 is 2.72 bits per heavy atom. The average Bonchev–Trinajstić information content (AvgIpc) is 3.21. The first-order valence-electron chi connectivity index (χ1n) is 7.91. The van der Waals surface area contributed by atoms with Gasteiger partial charge in [0.1, 0.15) is 0 Å². The van der Waals surface area contributed by atoms with Crippen molar-refractivity contribution in [2.24, 2.45) is 0 Å². The predicted octanol–water partition coefficient (Wildman–Crippen LogP) is 4.11. The minimum absolute atomic E-state index is 0.0283. The van der Waals surface area contributed by atoms with E-state index in [0.717, 1.165) is 49.2 Å². The number of aliphatic hydroxyl groups is 1. The number of halogens is 3. The van der Waals surface area contributed by atoms with E-state index in [0.29, 0.717) is 11.7 Å². The van der Waals surface area contributed by atoms with Crippen LogP contribution in [0.3, 0.4) is 0 Å². The lowest BCUT2D eigenvalue weighted by molar-refractivity contribution is -0.137. The molecule has 2 aromatic rings. The van der Waals surface area contributed by atoms with Crippen LogP contribution in [-0.2, 0) is 6.18 Å². The van der Waals surface area contributed by atoms with Crippen molar-refractivity contribution in [3.63, 3.8) is 0 Å². The van der Waals surface area contributed by atoms with Crippen LogP contribution in [0.15, 0.2) is 30.5 Å². The van der Waals surface area contributed by atoms with Crippen LogP contribution in [0, 0.1) is 0 Å². The number of thiazole rings is 1. The number of rotatable bonds is 5.